The highest BCUT2D eigenvalue weighted by Crippen LogP contribution is 2.22. The second-order valence-corrected chi connectivity index (χ2v) is 3.98. The Balaban J connectivity index is 2.15. The van der Waals surface area contributed by atoms with E-state index in [9.17, 15) is 4.79 Å². The van der Waals surface area contributed by atoms with Gasteiger partial charge in [-0.05, 0) is 6.07 Å². The third kappa shape index (κ3) is 1.55. The van der Waals surface area contributed by atoms with E-state index < -0.39 is 6.03 Å². The fourth-order valence-electron chi connectivity index (χ4n) is 1.85. The van der Waals surface area contributed by atoms with Crippen molar-refractivity contribution in [2.45, 2.75) is 0 Å². The van der Waals surface area contributed by atoms with Gasteiger partial charge in [-0.2, -0.15) is 5.10 Å². The van der Waals surface area contributed by atoms with Crippen LogP contribution in [0.1, 0.15) is 0 Å². The van der Waals surface area contributed by atoms with Crippen molar-refractivity contribution in [1.29, 1.82) is 0 Å². The standard InChI is InChI=1S/C12H10N5O/c1-16-7-10(6-15-16)9-4-8-2-3-17(12(13)18)11(8)14-5-9/h3-7H,1H3,(H2,13,18). The lowest BCUT2D eigenvalue weighted by atomic mass is 10.1. The van der Waals surface area contributed by atoms with Gasteiger partial charge < -0.3 is 5.73 Å². The number of amides is 1. The lowest BCUT2D eigenvalue weighted by Gasteiger charge is -2.00. The first kappa shape index (κ1) is 10.5. The summed E-state index contributed by atoms with van der Waals surface area (Å²) in [5.41, 5.74) is 7.63. The number of aromatic nitrogens is 4. The summed E-state index contributed by atoms with van der Waals surface area (Å²) in [6.07, 6.45) is 6.83. The van der Waals surface area contributed by atoms with Crippen LogP contribution in [0.3, 0.4) is 0 Å². The molecule has 1 amide bonds. The Hall–Kier alpha value is -2.63. The van der Waals surface area contributed by atoms with E-state index in [0.717, 1.165) is 16.5 Å². The lowest BCUT2D eigenvalue weighted by Crippen LogP contribution is -2.18. The Labute approximate surface area is 103 Å². The zero-order chi connectivity index (χ0) is 12.7. The van der Waals surface area contributed by atoms with Crippen molar-refractivity contribution in [3.8, 4) is 11.1 Å². The molecule has 6 nitrogen and oxygen atoms in total. The fraction of sp³-hybridized carbons (Fsp3) is 0.0833. The molecule has 0 aliphatic carbocycles. The number of rotatable bonds is 1. The number of primary amides is 1. The van der Waals surface area contributed by atoms with Crippen LogP contribution in [-0.2, 0) is 7.05 Å². The molecular formula is C12H10N5O. The summed E-state index contributed by atoms with van der Waals surface area (Å²) in [5.74, 6) is 0. The van der Waals surface area contributed by atoms with Crippen LogP contribution in [0.2, 0.25) is 0 Å². The molecule has 0 bridgehead atoms. The first-order chi connectivity index (χ1) is 8.65. The van der Waals surface area contributed by atoms with Gasteiger partial charge in [-0.1, -0.05) is 0 Å². The molecule has 3 aromatic heterocycles. The van der Waals surface area contributed by atoms with E-state index in [1.165, 1.54) is 10.8 Å². The normalized spacial score (nSPS) is 10.9. The van der Waals surface area contributed by atoms with Crippen molar-refractivity contribution < 1.29 is 4.79 Å². The number of aryl methyl sites for hydroxylation is 1. The average Bonchev–Trinajstić information content (AvgIpc) is 2.93. The van der Waals surface area contributed by atoms with Gasteiger partial charge >= 0.3 is 6.03 Å². The number of nitrogens with zero attached hydrogens (tertiary/aromatic N) is 4. The van der Waals surface area contributed by atoms with Crippen molar-refractivity contribution in [2.24, 2.45) is 12.8 Å². The highest BCUT2D eigenvalue weighted by Gasteiger charge is 2.09. The molecule has 3 aromatic rings. The second kappa shape index (κ2) is 3.69. The molecule has 0 atom stereocenters. The number of nitrogens with two attached hydrogens (primary N) is 1. The summed E-state index contributed by atoms with van der Waals surface area (Å²) in [6, 6.07) is 4.29. The highest BCUT2D eigenvalue weighted by molar-refractivity contribution is 5.90. The molecule has 0 spiro atoms. The molecule has 0 aliphatic rings. The zero-order valence-corrected chi connectivity index (χ0v) is 9.66. The van der Waals surface area contributed by atoms with E-state index in [1.807, 2.05) is 19.3 Å². The predicted octanol–water partition coefficient (Wildman–Crippen LogP) is 1.16. The molecule has 18 heavy (non-hydrogen) atoms. The molecule has 0 saturated carbocycles. The fourth-order valence-corrected chi connectivity index (χ4v) is 1.85. The van der Waals surface area contributed by atoms with Gasteiger partial charge in [0.2, 0.25) is 0 Å². The van der Waals surface area contributed by atoms with Gasteiger partial charge in [0.15, 0.2) is 0 Å². The van der Waals surface area contributed by atoms with Crippen molar-refractivity contribution in [1.82, 2.24) is 19.3 Å². The van der Waals surface area contributed by atoms with Crippen LogP contribution in [0.15, 0.2) is 30.9 Å². The van der Waals surface area contributed by atoms with Gasteiger partial charge in [-0.3, -0.25) is 9.25 Å². The Kier molecular flexibility index (Phi) is 2.16. The van der Waals surface area contributed by atoms with Gasteiger partial charge in [0.25, 0.3) is 0 Å². The minimum absolute atomic E-state index is 0.509. The summed E-state index contributed by atoms with van der Waals surface area (Å²) < 4.78 is 2.99. The summed E-state index contributed by atoms with van der Waals surface area (Å²) in [5, 5.41) is 4.85. The minimum Gasteiger partial charge on any atom is -0.351 e. The molecule has 0 saturated heterocycles. The Morgan fingerprint density at radius 2 is 2.22 bits per heavy atom. The van der Waals surface area contributed by atoms with Gasteiger partial charge in [0.05, 0.1) is 6.20 Å². The van der Waals surface area contributed by atoms with Crippen LogP contribution in [0.5, 0.6) is 0 Å². The Morgan fingerprint density at radius 1 is 1.39 bits per heavy atom. The third-order valence-electron chi connectivity index (χ3n) is 2.72. The van der Waals surface area contributed by atoms with Gasteiger partial charge in [-0.25, -0.2) is 9.78 Å². The van der Waals surface area contributed by atoms with Crippen LogP contribution < -0.4 is 5.73 Å². The maximum atomic E-state index is 11.1. The van der Waals surface area contributed by atoms with Crippen molar-refractivity contribution in [3.05, 3.63) is 36.9 Å². The van der Waals surface area contributed by atoms with Crippen LogP contribution in [-0.4, -0.2) is 25.4 Å². The number of pyridine rings is 1. The molecule has 0 aliphatic heterocycles. The van der Waals surface area contributed by atoms with Crippen LogP contribution in [0, 0.1) is 6.07 Å². The summed E-state index contributed by atoms with van der Waals surface area (Å²) in [4.78, 5) is 15.4. The van der Waals surface area contributed by atoms with Gasteiger partial charge in [-0.15, -0.1) is 0 Å². The maximum Gasteiger partial charge on any atom is 0.324 e. The van der Waals surface area contributed by atoms with Crippen molar-refractivity contribution in [2.75, 3.05) is 0 Å². The summed E-state index contributed by atoms with van der Waals surface area (Å²) in [6.45, 7) is 0. The highest BCUT2D eigenvalue weighted by atomic mass is 16.2. The SMILES string of the molecule is Cn1cc(-c2cnc3c([c]cn3C(N)=O)c2)cn1. The lowest BCUT2D eigenvalue weighted by molar-refractivity contribution is 0.251. The summed E-state index contributed by atoms with van der Waals surface area (Å²) in [7, 11) is 1.85. The number of hydrogen-bond donors (Lipinski definition) is 1. The maximum absolute atomic E-state index is 11.1. The second-order valence-electron chi connectivity index (χ2n) is 3.98. The molecule has 1 radical (unpaired) electrons. The molecule has 0 unspecified atom stereocenters. The quantitative estimate of drug-likeness (QED) is 0.693. The number of hydrogen-bond acceptors (Lipinski definition) is 3. The number of carbonyl (C=O) groups excluding carboxylic acids is 1. The van der Waals surface area contributed by atoms with Crippen LogP contribution in [0.4, 0.5) is 4.79 Å². The van der Waals surface area contributed by atoms with E-state index in [1.54, 1.807) is 17.1 Å². The first-order valence-electron chi connectivity index (χ1n) is 5.33. The van der Waals surface area contributed by atoms with E-state index >= 15 is 0 Å². The third-order valence-corrected chi connectivity index (χ3v) is 2.72. The van der Waals surface area contributed by atoms with E-state index in [0.29, 0.717) is 5.65 Å². The predicted molar refractivity (Wildman–Crippen MR) is 65.8 cm³/mol. The molecule has 0 fully saturated rings. The average molecular weight is 240 g/mol. The summed E-state index contributed by atoms with van der Waals surface area (Å²) >= 11 is 0. The molecule has 3 rings (SSSR count). The smallest absolute Gasteiger partial charge is 0.324 e. The molecule has 2 N–H and O–H groups in total. The topological polar surface area (TPSA) is 78.7 Å². The first-order valence-corrected chi connectivity index (χ1v) is 5.33. The van der Waals surface area contributed by atoms with Crippen LogP contribution >= 0.6 is 0 Å². The van der Waals surface area contributed by atoms with Crippen molar-refractivity contribution in [3.63, 3.8) is 0 Å². The molecule has 0 aromatic carbocycles. The molecular weight excluding hydrogens is 230 g/mol. The van der Waals surface area contributed by atoms with Crippen LogP contribution in [0.25, 0.3) is 22.2 Å². The Morgan fingerprint density at radius 3 is 2.89 bits per heavy atom. The van der Waals surface area contributed by atoms with Gasteiger partial charge in [0, 0.05) is 48.2 Å². The number of carbonyl (C=O) groups is 1. The largest absolute Gasteiger partial charge is 0.351 e. The molecule has 3 heterocycles. The van der Waals surface area contributed by atoms with E-state index in [2.05, 4.69) is 16.1 Å². The molecule has 89 valence electrons. The van der Waals surface area contributed by atoms with E-state index in [-0.39, 0.29) is 0 Å². The monoisotopic (exact) mass is 240 g/mol. The van der Waals surface area contributed by atoms with E-state index in [4.69, 9.17) is 5.73 Å². The molecule has 6 heteroatoms. The Bertz CT molecular complexity index is 740. The van der Waals surface area contributed by atoms with Crippen molar-refractivity contribution >= 4 is 17.1 Å². The number of fused-ring (bicyclic) bond motifs is 1. The minimum atomic E-state index is -0.567. The van der Waals surface area contributed by atoms with Gasteiger partial charge in [0.1, 0.15) is 5.65 Å². The zero-order valence-electron chi connectivity index (χ0n) is 9.66.